The number of hydrogen-bond donors (Lipinski definition) is 1. The summed E-state index contributed by atoms with van der Waals surface area (Å²) in [7, 11) is 1.78. The molecule has 1 N–H and O–H groups in total. The highest BCUT2D eigenvalue weighted by molar-refractivity contribution is 9.09. The van der Waals surface area contributed by atoms with E-state index >= 15 is 0 Å². The molecule has 1 heterocycles. The molecule has 5 heteroatoms. The zero-order valence-corrected chi connectivity index (χ0v) is 9.97. The second-order valence-electron chi connectivity index (χ2n) is 2.94. The number of aryl methyl sites for hydroxylation is 2. The van der Waals surface area contributed by atoms with Crippen LogP contribution < -0.4 is 5.32 Å². The fraction of sp³-hybridized carbons (Fsp3) is 0.556. The molecule has 0 aliphatic rings. The van der Waals surface area contributed by atoms with Gasteiger partial charge in [-0.25, -0.2) is 0 Å². The molecule has 0 aromatic carbocycles. The third-order valence-corrected chi connectivity index (χ3v) is 2.30. The average Bonchev–Trinajstić information content (AvgIpc) is 2.56. The summed E-state index contributed by atoms with van der Waals surface area (Å²) < 4.78 is 1.61. The fourth-order valence-electron chi connectivity index (χ4n) is 1.16. The molecule has 1 rings (SSSR count). The lowest BCUT2D eigenvalue weighted by Crippen LogP contribution is -2.27. The van der Waals surface area contributed by atoms with Crippen LogP contribution in [0.4, 0.5) is 0 Å². The van der Waals surface area contributed by atoms with Crippen LogP contribution in [0.25, 0.3) is 0 Å². The van der Waals surface area contributed by atoms with Gasteiger partial charge in [0.05, 0.1) is 5.69 Å². The van der Waals surface area contributed by atoms with Gasteiger partial charge < -0.3 is 5.32 Å². The van der Waals surface area contributed by atoms with Crippen LogP contribution in [0.3, 0.4) is 0 Å². The first-order valence-corrected chi connectivity index (χ1v) is 5.68. The molecule has 1 amide bonds. The van der Waals surface area contributed by atoms with Crippen LogP contribution in [0.1, 0.15) is 23.1 Å². The van der Waals surface area contributed by atoms with Crippen molar-refractivity contribution in [2.75, 3.05) is 11.9 Å². The number of carbonyl (C=O) groups is 1. The Hall–Kier alpha value is -0.840. The maximum absolute atomic E-state index is 11.6. The highest BCUT2D eigenvalue weighted by Crippen LogP contribution is 2.03. The number of rotatable bonds is 4. The van der Waals surface area contributed by atoms with Gasteiger partial charge in [0.15, 0.2) is 0 Å². The number of halogens is 1. The van der Waals surface area contributed by atoms with Crippen molar-refractivity contribution in [1.29, 1.82) is 0 Å². The first kappa shape index (κ1) is 11.2. The largest absolute Gasteiger partial charge is 0.350 e. The van der Waals surface area contributed by atoms with E-state index in [4.69, 9.17) is 0 Å². The standard InChI is InChI=1S/C9H14BrN3O/c1-3-7-6-8(13(2)12-7)9(14)11-5-4-10/h6H,3-5H2,1-2H3,(H,11,14). The maximum atomic E-state index is 11.6. The van der Waals surface area contributed by atoms with Crippen LogP contribution >= 0.6 is 15.9 Å². The SMILES string of the molecule is CCc1cc(C(=O)NCCBr)n(C)n1. The van der Waals surface area contributed by atoms with Crippen LogP contribution in [0, 0.1) is 0 Å². The van der Waals surface area contributed by atoms with Crippen molar-refractivity contribution in [3.63, 3.8) is 0 Å². The summed E-state index contributed by atoms with van der Waals surface area (Å²) in [5, 5.41) is 7.74. The molecule has 0 saturated carbocycles. The number of amides is 1. The molecule has 0 saturated heterocycles. The van der Waals surface area contributed by atoms with Crippen molar-refractivity contribution < 1.29 is 4.79 Å². The van der Waals surface area contributed by atoms with E-state index in [-0.39, 0.29) is 5.91 Å². The number of carbonyl (C=O) groups excluding carboxylic acids is 1. The first-order valence-electron chi connectivity index (χ1n) is 4.56. The lowest BCUT2D eigenvalue weighted by Gasteiger charge is -2.01. The van der Waals surface area contributed by atoms with Crippen molar-refractivity contribution in [2.24, 2.45) is 7.05 Å². The Kier molecular flexibility index (Phi) is 4.13. The third-order valence-electron chi connectivity index (χ3n) is 1.91. The van der Waals surface area contributed by atoms with E-state index in [9.17, 15) is 4.79 Å². The molecule has 0 aliphatic heterocycles. The third kappa shape index (κ3) is 2.57. The molecule has 78 valence electrons. The normalized spacial score (nSPS) is 10.2. The van der Waals surface area contributed by atoms with Crippen molar-refractivity contribution in [3.8, 4) is 0 Å². The summed E-state index contributed by atoms with van der Waals surface area (Å²) in [5.41, 5.74) is 1.55. The number of nitrogens with one attached hydrogen (secondary N) is 1. The van der Waals surface area contributed by atoms with Crippen LogP contribution in [-0.2, 0) is 13.5 Å². The van der Waals surface area contributed by atoms with Gasteiger partial charge in [0, 0.05) is 18.9 Å². The molecular weight excluding hydrogens is 246 g/mol. The van der Waals surface area contributed by atoms with E-state index in [2.05, 4.69) is 26.3 Å². The number of hydrogen-bond acceptors (Lipinski definition) is 2. The van der Waals surface area contributed by atoms with E-state index in [0.717, 1.165) is 17.4 Å². The van der Waals surface area contributed by atoms with Crippen molar-refractivity contribution in [3.05, 3.63) is 17.5 Å². The van der Waals surface area contributed by atoms with Crippen molar-refractivity contribution >= 4 is 21.8 Å². The Labute approximate surface area is 91.8 Å². The maximum Gasteiger partial charge on any atom is 0.269 e. The topological polar surface area (TPSA) is 46.9 Å². The Morgan fingerprint density at radius 1 is 1.71 bits per heavy atom. The molecule has 1 aromatic rings. The van der Waals surface area contributed by atoms with Gasteiger partial charge >= 0.3 is 0 Å². The quantitative estimate of drug-likeness (QED) is 0.824. The molecular formula is C9H14BrN3O. The summed E-state index contributed by atoms with van der Waals surface area (Å²) in [6.07, 6.45) is 0.847. The first-order chi connectivity index (χ1) is 6.69. The molecule has 0 aliphatic carbocycles. The average molecular weight is 260 g/mol. The van der Waals surface area contributed by atoms with Gasteiger partial charge in [-0.05, 0) is 12.5 Å². The minimum Gasteiger partial charge on any atom is -0.350 e. The molecule has 1 aromatic heterocycles. The van der Waals surface area contributed by atoms with E-state index < -0.39 is 0 Å². The molecule has 0 radical (unpaired) electrons. The molecule has 0 spiro atoms. The van der Waals surface area contributed by atoms with E-state index in [1.807, 2.05) is 13.0 Å². The summed E-state index contributed by atoms with van der Waals surface area (Å²) in [5.74, 6) is -0.0702. The summed E-state index contributed by atoms with van der Waals surface area (Å²) in [6, 6.07) is 1.82. The second-order valence-corrected chi connectivity index (χ2v) is 3.74. The molecule has 4 nitrogen and oxygen atoms in total. The second kappa shape index (κ2) is 5.14. The molecule has 0 atom stereocenters. The lowest BCUT2D eigenvalue weighted by molar-refractivity contribution is 0.0947. The number of aromatic nitrogens is 2. The minimum absolute atomic E-state index is 0.0702. The molecule has 14 heavy (non-hydrogen) atoms. The highest BCUT2D eigenvalue weighted by atomic mass is 79.9. The van der Waals surface area contributed by atoms with Gasteiger partial charge in [-0.2, -0.15) is 5.10 Å². The smallest absolute Gasteiger partial charge is 0.269 e. The summed E-state index contributed by atoms with van der Waals surface area (Å²) in [6.45, 7) is 2.65. The number of alkyl halides is 1. The lowest BCUT2D eigenvalue weighted by atomic mass is 10.3. The highest BCUT2D eigenvalue weighted by Gasteiger charge is 2.11. The van der Waals surface area contributed by atoms with Crippen LogP contribution in [0.2, 0.25) is 0 Å². The minimum atomic E-state index is -0.0702. The molecule has 0 unspecified atom stereocenters. The van der Waals surface area contributed by atoms with E-state index in [0.29, 0.717) is 12.2 Å². The molecule has 0 bridgehead atoms. The predicted octanol–water partition coefficient (Wildman–Crippen LogP) is 1.11. The zero-order valence-electron chi connectivity index (χ0n) is 8.38. The van der Waals surface area contributed by atoms with Gasteiger partial charge in [0.1, 0.15) is 5.69 Å². The Bertz CT molecular complexity index is 322. The van der Waals surface area contributed by atoms with Gasteiger partial charge in [0.25, 0.3) is 5.91 Å². The van der Waals surface area contributed by atoms with E-state index in [1.54, 1.807) is 11.7 Å². The van der Waals surface area contributed by atoms with E-state index in [1.165, 1.54) is 0 Å². The van der Waals surface area contributed by atoms with Gasteiger partial charge in [-0.1, -0.05) is 22.9 Å². The Morgan fingerprint density at radius 2 is 2.43 bits per heavy atom. The molecule has 0 fully saturated rings. The van der Waals surface area contributed by atoms with Crippen LogP contribution in [0.15, 0.2) is 6.07 Å². The predicted molar refractivity (Wildman–Crippen MR) is 58.7 cm³/mol. The summed E-state index contributed by atoms with van der Waals surface area (Å²) in [4.78, 5) is 11.6. The van der Waals surface area contributed by atoms with Crippen molar-refractivity contribution in [2.45, 2.75) is 13.3 Å². The summed E-state index contributed by atoms with van der Waals surface area (Å²) >= 11 is 3.25. The fourth-order valence-corrected chi connectivity index (χ4v) is 1.36. The van der Waals surface area contributed by atoms with Crippen LogP contribution in [0.5, 0.6) is 0 Å². The van der Waals surface area contributed by atoms with Crippen molar-refractivity contribution in [1.82, 2.24) is 15.1 Å². The van der Waals surface area contributed by atoms with Gasteiger partial charge in [-0.15, -0.1) is 0 Å². The Balaban J connectivity index is 2.73. The zero-order chi connectivity index (χ0) is 10.6. The Morgan fingerprint density at radius 3 is 2.93 bits per heavy atom. The van der Waals surface area contributed by atoms with Gasteiger partial charge in [-0.3, -0.25) is 9.48 Å². The number of nitrogens with zero attached hydrogens (tertiary/aromatic N) is 2. The van der Waals surface area contributed by atoms with Crippen LogP contribution in [-0.4, -0.2) is 27.6 Å². The monoisotopic (exact) mass is 259 g/mol. The van der Waals surface area contributed by atoms with Gasteiger partial charge in [0.2, 0.25) is 0 Å².